The van der Waals surface area contributed by atoms with E-state index >= 15 is 0 Å². The van der Waals surface area contributed by atoms with Gasteiger partial charge in [0.05, 0.1) is 0 Å². The minimum atomic E-state index is -0.978. The van der Waals surface area contributed by atoms with Gasteiger partial charge in [-0.25, -0.2) is 4.39 Å². The smallest absolute Gasteiger partial charge is 0.110 e. The lowest BCUT2D eigenvalue weighted by atomic mass is 9.86. The second kappa shape index (κ2) is 3.36. The van der Waals surface area contributed by atoms with Crippen LogP contribution in [0.1, 0.15) is 41.0 Å². The molecule has 1 unspecified atom stereocenters. The standard InChI is InChI=1S/C9H19F/c1-7(2)6-9(5,10)8(3)4/h7-8H,6H2,1-5H3. The SMILES string of the molecule is CC(C)CC(C)(F)C(C)C. The molecule has 0 bridgehead atoms. The normalized spacial score (nSPS) is 18.0. The van der Waals surface area contributed by atoms with Crippen molar-refractivity contribution in [3.8, 4) is 0 Å². The zero-order valence-corrected chi connectivity index (χ0v) is 7.74. The molecule has 0 aromatic rings. The van der Waals surface area contributed by atoms with E-state index in [9.17, 15) is 4.39 Å². The highest BCUT2D eigenvalue weighted by Gasteiger charge is 2.27. The second-order valence-corrected chi connectivity index (χ2v) is 4.03. The van der Waals surface area contributed by atoms with Crippen molar-refractivity contribution in [3.63, 3.8) is 0 Å². The molecular formula is C9H19F. The summed E-state index contributed by atoms with van der Waals surface area (Å²) in [6.07, 6.45) is 0.671. The van der Waals surface area contributed by atoms with Gasteiger partial charge in [-0.1, -0.05) is 27.7 Å². The quantitative estimate of drug-likeness (QED) is 0.572. The predicted octanol–water partition coefficient (Wildman–Crippen LogP) is 3.42. The molecule has 62 valence electrons. The summed E-state index contributed by atoms with van der Waals surface area (Å²) < 4.78 is 13.5. The highest BCUT2D eigenvalue weighted by molar-refractivity contribution is 4.77. The van der Waals surface area contributed by atoms with Crippen LogP contribution in [0.3, 0.4) is 0 Å². The van der Waals surface area contributed by atoms with Crippen LogP contribution in [-0.2, 0) is 0 Å². The van der Waals surface area contributed by atoms with Gasteiger partial charge in [-0.3, -0.25) is 0 Å². The molecule has 0 nitrogen and oxygen atoms in total. The summed E-state index contributed by atoms with van der Waals surface area (Å²) in [5.74, 6) is 0.590. The topological polar surface area (TPSA) is 0 Å². The maximum absolute atomic E-state index is 13.5. The van der Waals surface area contributed by atoms with Crippen LogP contribution in [0.4, 0.5) is 4.39 Å². The molecule has 0 aliphatic heterocycles. The molecular weight excluding hydrogens is 127 g/mol. The largest absolute Gasteiger partial charge is 0.244 e. The Labute approximate surface area is 63.8 Å². The first-order valence-corrected chi connectivity index (χ1v) is 4.05. The minimum absolute atomic E-state index is 0.134. The Balaban J connectivity index is 3.87. The van der Waals surface area contributed by atoms with E-state index in [4.69, 9.17) is 0 Å². The monoisotopic (exact) mass is 146 g/mol. The molecule has 0 heterocycles. The molecule has 0 fully saturated rings. The molecule has 1 heteroatoms. The van der Waals surface area contributed by atoms with Crippen molar-refractivity contribution in [2.45, 2.75) is 46.7 Å². The van der Waals surface area contributed by atoms with E-state index in [0.717, 1.165) is 0 Å². The third-order valence-electron chi connectivity index (χ3n) is 2.01. The van der Waals surface area contributed by atoms with E-state index in [1.54, 1.807) is 6.92 Å². The fourth-order valence-electron chi connectivity index (χ4n) is 1.03. The first-order valence-electron chi connectivity index (χ1n) is 4.05. The average molecular weight is 146 g/mol. The molecule has 0 aromatic heterocycles. The van der Waals surface area contributed by atoms with E-state index < -0.39 is 5.67 Å². The van der Waals surface area contributed by atoms with Crippen molar-refractivity contribution >= 4 is 0 Å². The zero-order valence-electron chi connectivity index (χ0n) is 7.74. The van der Waals surface area contributed by atoms with Gasteiger partial charge in [-0.05, 0) is 25.2 Å². The fourth-order valence-corrected chi connectivity index (χ4v) is 1.03. The van der Waals surface area contributed by atoms with Gasteiger partial charge in [0.25, 0.3) is 0 Å². The predicted molar refractivity (Wildman–Crippen MR) is 43.8 cm³/mol. The maximum atomic E-state index is 13.5. The molecule has 0 rings (SSSR count). The highest BCUT2D eigenvalue weighted by Crippen LogP contribution is 2.28. The molecule has 0 saturated carbocycles. The third kappa shape index (κ3) is 3.19. The minimum Gasteiger partial charge on any atom is -0.244 e. The lowest BCUT2D eigenvalue weighted by Crippen LogP contribution is -2.27. The Morgan fingerprint density at radius 2 is 1.60 bits per heavy atom. The van der Waals surface area contributed by atoms with Crippen LogP contribution in [0.25, 0.3) is 0 Å². The number of hydrogen-bond acceptors (Lipinski definition) is 0. The number of rotatable bonds is 3. The molecule has 0 aromatic carbocycles. The van der Waals surface area contributed by atoms with Gasteiger partial charge in [-0.15, -0.1) is 0 Å². The second-order valence-electron chi connectivity index (χ2n) is 4.03. The Kier molecular flexibility index (Phi) is 3.34. The highest BCUT2D eigenvalue weighted by atomic mass is 19.1. The van der Waals surface area contributed by atoms with E-state index in [1.807, 2.05) is 13.8 Å². The zero-order chi connectivity index (χ0) is 8.36. The van der Waals surface area contributed by atoms with Crippen molar-refractivity contribution in [2.24, 2.45) is 11.8 Å². The van der Waals surface area contributed by atoms with E-state index in [2.05, 4.69) is 13.8 Å². The summed E-state index contributed by atoms with van der Waals surface area (Å²) in [5, 5.41) is 0. The van der Waals surface area contributed by atoms with Crippen LogP contribution in [0.15, 0.2) is 0 Å². The number of halogens is 1. The van der Waals surface area contributed by atoms with Crippen molar-refractivity contribution in [1.29, 1.82) is 0 Å². The van der Waals surface area contributed by atoms with Crippen LogP contribution in [0.2, 0.25) is 0 Å². The number of hydrogen-bond donors (Lipinski definition) is 0. The van der Waals surface area contributed by atoms with Crippen molar-refractivity contribution in [3.05, 3.63) is 0 Å². The summed E-state index contributed by atoms with van der Waals surface area (Å²) in [5.41, 5.74) is -0.978. The first-order chi connectivity index (χ1) is 4.36. The summed E-state index contributed by atoms with van der Waals surface area (Å²) in [6.45, 7) is 9.67. The molecule has 0 spiro atoms. The molecule has 0 saturated heterocycles. The molecule has 0 aliphatic rings. The lowest BCUT2D eigenvalue weighted by molar-refractivity contribution is 0.0954. The molecule has 0 N–H and O–H groups in total. The summed E-state index contributed by atoms with van der Waals surface area (Å²) in [6, 6.07) is 0. The van der Waals surface area contributed by atoms with Crippen molar-refractivity contribution < 1.29 is 4.39 Å². The van der Waals surface area contributed by atoms with Gasteiger partial charge in [0, 0.05) is 0 Å². The maximum Gasteiger partial charge on any atom is 0.110 e. The van der Waals surface area contributed by atoms with Gasteiger partial charge in [-0.2, -0.15) is 0 Å². The molecule has 0 aliphatic carbocycles. The summed E-state index contributed by atoms with van der Waals surface area (Å²) in [4.78, 5) is 0. The number of alkyl halides is 1. The molecule has 0 amide bonds. The average Bonchev–Trinajstić information content (AvgIpc) is 1.60. The van der Waals surface area contributed by atoms with Gasteiger partial charge >= 0.3 is 0 Å². The van der Waals surface area contributed by atoms with Gasteiger partial charge in [0.2, 0.25) is 0 Å². The van der Waals surface area contributed by atoms with E-state index in [1.165, 1.54) is 0 Å². The Morgan fingerprint density at radius 1 is 1.20 bits per heavy atom. The van der Waals surface area contributed by atoms with Crippen LogP contribution in [-0.4, -0.2) is 5.67 Å². The van der Waals surface area contributed by atoms with Crippen LogP contribution >= 0.6 is 0 Å². The Hall–Kier alpha value is -0.0700. The van der Waals surface area contributed by atoms with Gasteiger partial charge in [0.15, 0.2) is 0 Å². The first kappa shape index (κ1) is 9.93. The van der Waals surface area contributed by atoms with Crippen LogP contribution in [0, 0.1) is 11.8 Å². The fraction of sp³-hybridized carbons (Fsp3) is 1.00. The van der Waals surface area contributed by atoms with Gasteiger partial charge in [0.1, 0.15) is 5.67 Å². The van der Waals surface area contributed by atoms with Crippen LogP contribution in [0.5, 0.6) is 0 Å². The van der Waals surface area contributed by atoms with Gasteiger partial charge < -0.3 is 0 Å². The Morgan fingerprint density at radius 3 is 1.70 bits per heavy atom. The molecule has 10 heavy (non-hydrogen) atoms. The third-order valence-corrected chi connectivity index (χ3v) is 2.01. The van der Waals surface area contributed by atoms with E-state index in [0.29, 0.717) is 12.3 Å². The van der Waals surface area contributed by atoms with Crippen molar-refractivity contribution in [1.82, 2.24) is 0 Å². The van der Waals surface area contributed by atoms with E-state index in [-0.39, 0.29) is 5.92 Å². The summed E-state index contributed by atoms with van der Waals surface area (Å²) >= 11 is 0. The Bertz CT molecular complexity index is 92.9. The van der Waals surface area contributed by atoms with Crippen LogP contribution < -0.4 is 0 Å². The van der Waals surface area contributed by atoms with Crippen molar-refractivity contribution in [2.75, 3.05) is 0 Å². The molecule has 1 atom stereocenters. The summed E-state index contributed by atoms with van der Waals surface area (Å²) in [7, 11) is 0. The lowest BCUT2D eigenvalue weighted by Gasteiger charge is -2.26. The molecule has 0 radical (unpaired) electrons.